The molecule has 0 saturated carbocycles. The van der Waals surface area contributed by atoms with Gasteiger partial charge in [-0.15, -0.1) is 0 Å². The van der Waals surface area contributed by atoms with Gasteiger partial charge in [-0.3, -0.25) is 4.79 Å². The first-order valence-corrected chi connectivity index (χ1v) is 10.2. The molecule has 1 heterocycles. The van der Waals surface area contributed by atoms with Crippen LogP contribution in [0.3, 0.4) is 0 Å². The molecule has 0 unspecified atom stereocenters. The van der Waals surface area contributed by atoms with Gasteiger partial charge in [-0.2, -0.15) is 0 Å². The average Bonchev–Trinajstić information content (AvgIpc) is 3.11. The second-order valence-electron chi connectivity index (χ2n) is 6.48. The number of rotatable bonds is 8. The molecule has 2 aromatic carbocycles. The van der Waals surface area contributed by atoms with Crippen molar-refractivity contribution in [3.63, 3.8) is 0 Å². The molecule has 0 saturated heterocycles. The van der Waals surface area contributed by atoms with E-state index in [9.17, 15) is 4.79 Å². The Labute approximate surface area is 184 Å². The fourth-order valence-corrected chi connectivity index (χ4v) is 3.44. The van der Waals surface area contributed by atoms with Crippen molar-refractivity contribution >= 4 is 40.7 Å². The van der Waals surface area contributed by atoms with E-state index >= 15 is 0 Å². The maximum absolute atomic E-state index is 12.5. The third-order valence-electron chi connectivity index (χ3n) is 4.32. The van der Waals surface area contributed by atoms with Crippen LogP contribution in [0.1, 0.15) is 30.3 Å². The number of hydrogen-bond donors (Lipinski definition) is 1. The number of aryl methyl sites for hydroxylation is 1. The zero-order valence-electron chi connectivity index (χ0n) is 15.7. The highest BCUT2D eigenvalue weighted by Gasteiger charge is 2.20. The van der Waals surface area contributed by atoms with Crippen LogP contribution in [0.5, 0.6) is 5.75 Å². The Bertz CT molecular complexity index is 974. The molecule has 29 heavy (non-hydrogen) atoms. The summed E-state index contributed by atoms with van der Waals surface area (Å²) < 4.78 is 7.51. The largest absolute Gasteiger partial charge is 0.492 e. The molecule has 1 N–H and O–H groups in total. The molecule has 0 aliphatic carbocycles. The standard InChI is InChI=1S/C21H20Cl3N3O2/c1-27-11-10-25-21(27)20(14-4-6-15(22)7-5-14)26-19(28)3-2-12-29-18-9-8-16(23)13-17(18)24/h4-11,13,20H,2-3,12H2,1H3,(H,26,28)/t20-/m0/s1. The first-order valence-electron chi connectivity index (χ1n) is 9.04. The van der Waals surface area contributed by atoms with Crippen LogP contribution in [-0.2, 0) is 11.8 Å². The summed E-state index contributed by atoms with van der Waals surface area (Å²) in [5.74, 6) is 1.19. The molecule has 0 radical (unpaired) electrons. The number of nitrogens with zero attached hydrogens (tertiary/aromatic N) is 2. The molecule has 1 aromatic heterocycles. The molecular formula is C21H20Cl3N3O2. The van der Waals surface area contributed by atoms with E-state index in [1.165, 1.54) is 0 Å². The van der Waals surface area contributed by atoms with Gasteiger partial charge in [-0.1, -0.05) is 46.9 Å². The zero-order valence-corrected chi connectivity index (χ0v) is 18.0. The van der Waals surface area contributed by atoms with Gasteiger partial charge in [0.25, 0.3) is 0 Å². The van der Waals surface area contributed by atoms with Gasteiger partial charge in [-0.05, 0) is 42.3 Å². The number of amides is 1. The van der Waals surface area contributed by atoms with Crippen LogP contribution >= 0.6 is 34.8 Å². The first-order chi connectivity index (χ1) is 13.9. The fourth-order valence-electron chi connectivity index (χ4n) is 2.85. The van der Waals surface area contributed by atoms with E-state index in [1.54, 1.807) is 36.5 Å². The minimum Gasteiger partial charge on any atom is -0.492 e. The summed E-state index contributed by atoms with van der Waals surface area (Å²) in [4.78, 5) is 16.9. The topological polar surface area (TPSA) is 56.2 Å². The molecule has 0 spiro atoms. The third-order valence-corrected chi connectivity index (χ3v) is 5.11. The summed E-state index contributed by atoms with van der Waals surface area (Å²) in [5, 5.41) is 4.67. The molecule has 3 rings (SSSR count). The normalized spacial score (nSPS) is 11.9. The number of benzene rings is 2. The minimum absolute atomic E-state index is 0.0984. The number of nitrogens with one attached hydrogen (secondary N) is 1. The lowest BCUT2D eigenvalue weighted by Crippen LogP contribution is -2.31. The molecule has 8 heteroatoms. The van der Waals surface area contributed by atoms with E-state index in [1.807, 2.05) is 29.9 Å². The number of carbonyl (C=O) groups excluding carboxylic acids is 1. The van der Waals surface area contributed by atoms with E-state index in [-0.39, 0.29) is 11.9 Å². The average molecular weight is 453 g/mol. The van der Waals surface area contributed by atoms with Crippen LogP contribution in [0, 0.1) is 0 Å². The molecule has 152 valence electrons. The Morgan fingerprint density at radius 2 is 1.86 bits per heavy atom. The number of hydrogen-bond acceptors (Lipinski definition) is 3. The number of aromatic nitrogens is 2. The van der Waals surface area contributed by atoms with Crippen molar-refractivity contribution in [3.8, 4) is 5.75 Å². The van der Waals surface area contributed by atoms with E-state index < -0.39 is 0 Å². The van der Waals surface area contributed by atoms with E-state index in [4.69, 9.17) is 39.5 Å². The summed E-state index contributed by atoms with van der Waals surface area (Å²) in [6, 6.07) is 12.0. The van der Waals surface area contributed by atoms with Crippen LogP contribution in [0.25, 0.3) is 0 Å². The van der Waals surface area contributed by atoms with Gasteiger partial charge in [0, 0.05) is 35.9 Å². The Morgan fingerprint density at radius 3 is 2.52 bits per heavy atom. The number of halogens is 3. The summed E-state index contributed by atoms with van der Waals surface area (Å²) in [7, 11) is 1.89. The number of ether oxygens (including phenoxy) is 1. The molecule has 1 atom stereocenters. The maximum Gasteiger partial charge on any atom is 0.220 e. The molecule has 3 aromatic rings. The number of imidazole rings is 1. The predicted octanol–water partition coefficient (Wildman–Crippen LogP) is 5.45. The Kier molecular flexibility index (Phi) is 7.42. The van der Waals surface area contributed by atoms with Crippen molar-refractivity contribution in [1.29, 1.82) is 0 Å². The van der Waals surface area contributed by atoms with Crippen LogP contribution in [0.4, 0.5) is 0 Å². The lowest BCUT2D eigenvalue weighted by Gasteiger charge is -2.19. The van der Waals surface area contributed by atoms with Crippen LogP contribution < -0.4 is 10.1 Å². The Morgan fingerprint density at radius 1 is 1.14 bits per heavy atom. The molecule has 5 nitrogen and oxygen atoms in total. The maximum atomic E-state index is 12.5. The lowest BCUT2D eigenvalue weighted by atomic mass is 10.1. The van der Waals surface area contributed by atoms with E-state index in [0.29, 0.717) is 40.3 Å². The van der Waals surface area contributed by atoms with E-state index in [2.05, 4.69) is 10.3 Å². The molecule has 1 amide bonds. The van der Waals surface area contributed by atoms with Gasteiger partial charge in [0.2, 0.25) is 5.91 Å². The van der Waals surface area contributed by atoms with Gasteiger partial charge in [0.15, 0.2) is 0 Å². The highest BCUT2D eigenvalue weighted by atomic mass is 35.5. The van der Waals surface area contributed by atoms with Crippen molar-refractivity contribution in [2.24, 2.45) is 7.05 Å². The van der Waals surface area contributed by atoms with Crippen molar-refractivity contribution in [1.82, 2.24) is 14.9 Å². The van der Waals surface area contributed by atoms with Crippen molar-refractivity contribution in [2.45, 2.75) is 18.9 Å². The number of carbonyl (C=O) groups is 1. The van der Waals surface area contributed by atoms with Gasteiger partial charge in [0.05, 0.1) is 11.6 Å². The van der Waals surface area contributed by atoms with Crippen LogP contribution in [0.2, 0.25) is 15.1 Å². The molecule has 0 fully saturated rings. The molecule has 0 bridgehead atoms. The Hall–Kier alpha value is -2.21. The summed E-state index contributed by atoms with van der Waals surface area (Å²) in [6.45, 7) is 0.364. The Balaban J connectivity index is 1.58. The van der Waals surface area contributed by atoms with Crippen LogP contribution in [-0.4, -0.2) is 22.1 Å². The van der Waals surface area contributed by atoms with Crippen molar-refractivity contribution in [2.75, 3.05) is 6.61 Å². The fraction of sp³-hybridized carbons (Fsp3) is 0.238. The predicted molar refractivity (Wildman–Crippen MR) is 116 cm³/mol. The highest BCUT2D eigenvalue weighted by molar-refractivity contribution is 6.35. The van der Waals surface area contributed by atoms with Crippen molar-refractivity contribution in [3.05, 3.63) is 81.3 Å². The second-order valence-corrected chi connectivity index (χ2v) is 7.76. The minimum atomic E-state index is -0.369. The summed E-state index contributed by atoms with van der Waals surface area (Å²) in [6.07, 6.45) is 4.39. The molecule has 0 aliphatic heterocycles. The first kappa shape index (κ1) is 21.5. The highest BCUT2D eigenvalue weighted by Crippen LogP contribution is 2.27. The molecular weight excluding hydrogens is 433 g/mol. The lowest BCUT2D eigenvalue weighted by molar-refractivity contribution is -0.121. The van der Waals surface area contributed by atoms with Gasteiger partial charge in [-0.25, -0.2) is 4.98 Å². The molecule has 0 aliphatic rings. The van der Waals surface area contributed by atoms with Crippen molar-refractivity contribution < 1.29 is 9.53 Å². The van der Waals surface area contributed by atoms with Crippen LogP contribution in [0.15, 0.2) is 54.9 Å². The van der Waals surface area contributed by atoms with E-state index in [0.717, 1.165) is 11.4 Å². The summed E-state index contributed by atoms with van der Waals surface area (Å²) in [5.41, 5.74) is 0.904. The SMILES string of the molecule is Cn1ccnc1[C@@H](NC(=O)CCCOc1ccc(Cl)cc1Cl)c1ccc(Cl)cc1. The third kappa shape index (κ3) is 5.89. The quantitative estimate of drug-likeness (QED) is 0.463. The zero-order chi connectivity index (χ0) is 20.8. The smallest absolute Gasteiger partial charge is 0.220 e. The van der Waals surface area contributed by atoms with Gasteiger partial charge in [0.1, 0.15) is 17.6 Å². The summed E-state index contributed by atoms with van der Waals surface area (Å²) >= 11 is 18.0. The monoisotopic (exact) mass is 451 g/mol. The van der Waals surface area contributed by atoms with Gasteiger partial charge < -0.3 is 14.6 Å². The second kappa shape index (κ2) is 10.0. The van der Waals surface area contributed by atoms with Gasteiger partial charge >= 0.3 is 0 Å².